The molecule has 22 heteroatoms. The number of pyridine rings is 2. The van der Waals surface area contributed by atoms with Gasteiger partial charge in [0.2, 0.25) is 0 Å². The van der Waals surface area contributed by atoms with E-state index in [9.17, 15) is 18.7 Å². The van der Waals surface area contributed by atoms with Gasteiger partial charge >= 0.3 is 27.0 Å². The van der Waals surface area contributed by atoms with Gasteiger partial charge in [-0.1, -0.05) is 79.7 Å². The topological polar surface area (TPSA) is 261 Å². The van der Waals surface area contributed by atoms with Crippen molar-refractivity contribution in [3.05, 3.63) is 121 Å². The molecule has 0 aliphatic carbocycles. The number of aromatic nitrogens is 6. The van der Waals surface area contributed by atoms with Crippen LogP contribution in [0.1, 0.15) is 73.2 Å². The van der Waals surface area contributed by atoms with Gasteiger partial charge in [0.1, 0.15) is 59.5 Å². The Kier molecular flexibility index (Phi) is 18.5. The Balaban J connectivity index is 0.943. The van der Waals surface area contributed by atoms with Crippen molar-refractivity contribution in [2.75, 3.05) is 30.6 Å². The summed E-state index contributed by atoms with van der Waals surface area (Å²) in [6.45, 7) is 15.7. The van der Waals surface area contributed by atoms with E-state index in [-0.39, 0.29) is 37.0 Å². The average molecular weight is 1110 g/mol. The smallest absolute Gasteiger partial charge is 0.342 e. The van der Waals surface area contributed by atoms with Gasteiger partial charge in [0.15, 0.2) is 11.6 Å². The average Bonchev–Trinajstić information content (AvgIpc) is 4.03. The lowest BCUT2D eigenvalue weighted by Gasteiger charge is -2.26. The summed E-state index contributed by atoms with van der Waals surface area (Å²) in [5.41, 5.74) is 17.8. The Bertz CT molecular complexity index is 3470. The molecule has 8 aromatic rings. The molecule has 7 atom stereocenters. The first-order valence-corrected chi connectivity index (χ1v) is 29.8. The van der Waals surface area contributed by atoms with Crippen molar-refractivity contribution in [3.8, 4) is 11.5 Å². The predicted molar refractivity (Wildman–Crippen MR) is 303 cm³/mol. The zero-order valence-electron chi connectivity index (χ0n) is 45.3. The van der Waals surface area contributed by atoms with Gasteiger partial charge in [0.25, 0.3) is 0 Å². The molecule has 20 nitrogen and oxygen atoms in total. The fourth-order valence-corrected chi connectivity index (χ4v) is 13.2. The highest BCUT2D eigenvalue weighted by Gasteiger charge is 2.34. The number of carbonyl (C=O) groups excluding carboxylic acids is 2. The molecule has 0 spiro atoms. The van der Waals surface area contributed by atoms with E-state index in [0.29, 0.717) is 71.3 Å². The summed E-state index contributed by atoms with van der Waals surface area (Å²) in [5, 5.41) is 7.55. The minimum atomic E-state index is -3.97. The molecule has 6 N–H and O–H groups in total. The Labute approximate surface area is 453 Å². The number of nitrogen functional groups attached to an aromatic ring is 2. The third-order valence-corrected chi connectivity index (χ3v) is 16.8. The monoisotopic (exact) mass is 1100 g/mol. The van der Waals surface area contributed by atoms with E-state index in [2.05, 4.69) is 20.1 Å². The summed E-state index contributed by atoms with van der Waals surface area (Å²) in [6, 6.07) is 29.0. The van der Waals surface area contributed by atoms with Gasteiger partial charge in [-0.2, -0.15) is 0 Å². The number of benzene rings is 4. The van der Waals surface area contributed by atoms with E-state index < -0.39 is 57.6 Å². The summed E-state index contributed by atoms with van der Waals surface area (Å²) in [7, 11) is -7.58. The van der Waals surface area contributed by atoms with Crippen molar-refractivity contribution in [1.29, 1.82) is 0 Å². The summed E-state index contributed by atoms with van der Waals surface area (Å²) in [5.74, 6) is 0.683. The van der Waals surface area contributed by atoms with Gasteiger partial charge in [-0.05, 0) is 96.7 Å². The van der Waals surface area contributed by atoms with E-state index in [0.717, 1.165) is 27.4 Å². The maximum Gasteiger partial charge on any atom is 0.342 e. The second-order valence-electron chi connectivity index (χ2n) is 19.9. The molecule has 78 heavy (non-hydrogen) atoms. The number of hydrogen-bond donors (Lipinski definition) is 4. The minimum Gasteiger partial charge on any atom is -0.462 e. The zero-order valence-corrected chi connectivity index (χ0v) is 47.1. The highest BCUT2D eigenvalue weighted by molar-refractivity contribution is 7.57. The first kappa shape index (κ1) is 57.3. The van der Waals surface area contributed by atoms with E-state index in [1.807, 2.05) is 84.5 Å². The van der Waals surface area contributed by atoms with Crippen molar-refractivity contribution in [2.24, 2.45) is 5.92 Å². The van der Waals surface area contributed by atoms with Crippen molar-refractivity contribution in [2.45, 2.75) is 118 Å². The summed E-state index contributed by atoms with van der Waals surface area (Å²) in [4.78, 5) is 45.5. The van der Waals surface area contributed by atoms with Gasteiger partial charge < -0.3 is 48.6 Å². The molecule has 0 aliphatic rings. The molecule has 0 fully saturated rings. The van der Waals surface area contributed by atoms with Crippen LogP contribution in [-0.4, -0.2) is 90.5 Å². The van der Waals surface area contributed by atoms with Crippen LogP contribution in [0.5, 0.6) is 11.5 Å². The summed E-state index contributed by atoms with van der Waals surface area (Å²) < 4.78 is 68.9. The number of carbonyl (C=O) groups is 2. The minimum absolute atomic E-state index is 0.0395. The molecule has 4 heterocycles. The molecule has 0 saturated carbocycles. The van der Waals surface area contributed by atoms with Crippen LogP contribution < -0.4 is 30.7 Å². The number of anilines is 2. The number of nitrogens with one attached hydrogen (secondary N) is 2. The molecule has 0 saturated heterocycles. The normalized spacial score (nSPS) is 15.4. The summed E-state index contributed by atoms with van der Waals surface area (Å²) >= 11 is 0. The largest absolute Gasteiger partial charge is 0.462 e. The Hall–Kier alpha value is -6.92. The van der Waals surface area contributed by atoms with E-state index >= 15 is 0 Å². The van der Waals surface area contributed by atoms with Gasteiger partial charge in [-0.25, -0.2) is 30.1 Å². The first-order valence-electron chi connectivity index (χ1n) is 26.2. The lowest BCUT2D eigenvalue weighted by molar-refractivity contribution is -0.150. The van der Waals surface area contributed by atoms with E-state index in [1.54, 1.807) is 89.5 Å². The summed E-state index contributed by atoms with van der Waals surface area (Å²) in [6.07, 6.45) is 0.671. The third-order valence-electron chi connectivity index (χ3n) is 12.9. The molecule has 0 radical (unpaired) electrons. The molecular formula is C56H70N10O10P2. The fourth-order valence-electron chi connectivity index (χ4n) is 9.21. The van der Waals surface area contributed by atoms with Crippen LogP contribution in [0.2, 0.25) is 0 Å². The maximum absolute atomic E-state index is 14.8. The Morgan fingerprint density at radius 1 is 0.654 bits per heavy atom. The molecule has 0 aliphatic heterocycles. The number of fused-ring (bicyclic) bond motifs is 6. The van der Waals surface area contributed by atoms with Gasteiger partial charge in [0, 0.05) is 36.5 Å². The molecule has 4 aromatic heterocycles. The molecule has 7 unspecified atom stereocenters. The molecule has 0 bridgehead atoms. The van der Waals surface area contributed by atoms with Crippen LogP contribution in [0.25, 0.3) is 43.9 Å². The lowest BCUT2D eigenvalue weighted by Crippen LogP contribution is -2.37. The highest BCUT2D eigenvalue weighted by atomic mass is 31.2. The van der Waals surface area contributed by atoms with Crippen LogP contribution in [0.15, 0.2) is 109 Å². The van der Waals surface area contributed by atoms with Crippen molar-refractivity contribution in [3.63, 3.8) is 0 Å². The van der Waals surface area contributed by atoms with Crippen LogP contribution in [0.4, 0.5) is 11.6 Å². The quantitative estimate of drug-likeness (QED) is 0.0276. The fraction of sp³-hybridized carbons (Fsp3) is 0.393. The third kappa shape index (κ3) is 14.0. The van der Waals surface area contributed by atoms with Gasteiger partial charge in [0.05, 0.1) is 47.1 Å². The number of para-hydroxylation sites is 4. The lowest BCUT2D eigenvalue weighted by atomic mass is 10.0. The second-order valence-corrected chi connectivity index (χ2v) is 24.2. The SMILES string of the molecule is CCOCc1nc2c(N)nc3ccccc3c2n1CC(C)OCP(=O)(NC(C)C(=O)OC(C)Cc1cccc2c1nc(N)c1ncn(CC(C)CCP(=O)(NC(C)C(=O)OC(C)C)Oc3ccccc3)c12)Oc1ccccc1. The van der Waals surface area contributed by atoms with Crippen LogP contribution >= 0.6 is 15.0 Å². The number of rotatable bonds is 27. The Morgan fingerprint density at radius 2 is 1.27 bits per heavy atom. The van der Waals surface area contributed by atoms with Gasteiger partial charge in [-0.15, -0.1) is 0 Å². The first-order chi connectivity index (χ1) is 37.3. The van der Waals surface area contributed by atoms with E-state index in [1.165, 1.54) is 0 Å². The molecule has 8 rings (SSSR count). The molecule has 4 aromatic carbocycles. The predicted octanol–water partition coefficient (Wildman–Crippen LogP) is 10.2. The van der Waals surface area contributed by atoms with Crippen LogP contribution in [0.3, 0.4) is 0 Å². The molecule has 414 valence electrons. The highest BCUT2D eigenvalue weighted by Crippen LogP contribution is 2.46. The van der Waals surface area contributed by atoms with Crippen LogP contribution in [0, 0.1) is 5.92 Å². The maximum atomic E-state index is 14.8. The molecular weight excluding hydrogens is 1030 g/mol. The number of hydrogen-bond acceptors (Lipinski definition) is 16. The van der Waals surface area contributed by atoms with E-state index in [4.69, 9.17) is 49.4 Å². The number of nitrogens with zero attached hydrogens (tertiary/aromatic N) is 6. The van der Waals surface area contributed by atoms with Crippen molar-refractivity contribution < 1.29 is 46.7 Å². The number of esters is 2. The number of nitrogens with two attached hydrogens (primary N) is 2. The van der Waals surface area contributed by atoms with Crippen LogP contribution in [-0.2, 0) is 63.8 Å². The Morgan fingerprint density at radius 3 is 1.95 bits per heavy atom. The number of ether oxygens (including phenoxy) is 4. The standard InChI is InChI=1S/C56H70N10O10P2/c1-9-71-32-47-61-50-52(44-24-16-17-26-46(44)60-54(50)58)66(47)31-38(6)72-34-78(70,76-43-22-14-11-15-23-43)64-40(8)56(68)74-37(5)29-41-19-18-25-45-48(41)62-53(57)49-51(45)65(33-59-49)30-36(4)27-28-77(69,75-42-20-12-10-13-21-42)63-39(7)55(67)73-35(2)3/h10-26,33,35-40H,9,27-32,34H2,1-8H3,(H2,57,62)(H2,58,60)(H,63,69)(H,64,70). The van der Waals surface area contributed by atoms with Gasteiger partial charge in [-0.3, -0.25) is 18.7 Å². The van der Waals surface area contributed by atoms with Crippen molar-refractivity contribution >= 4 is 82.5 Å². The molecule has 0 amide bonds. The van der Waals surface area contributed by atoms with Crippen molar-refractivity contribution in [1.82, 2.24) is 39.2 Å². The second kappa shape index (κ2) is 25.3. The zero-order chi connectivity index (χ0) is 55.7. The number of imidazole rings is 2.